The molecule has 1 heterocycles. The van der Waals surface area contributed by atoms with Crippen LogP contribution in [0.3, 0.4) is 0 Å². The van der Waals surface area contributed by atoms with E-state index in [1.165, 1.54) is 5.56 Å². The van der Waals surface area contributed by atoms with Gasteiger partial charge in [0.2, 0.25) is 5.91 Å². The fraction of sp³-hybridized carbons (Fsp3) is 0.348. The van der Waals surface area contributed by atoms with Crippen molar-refractivity contribution >= 4 is 11.6 Å². The van der Waals surface area contributed by atoms with E-state index in [0.29, 0.717) is 24.4 Å². The van der Waals surface area contributed by atoms with Crippen molar-refractivity contribution in [1.82, 2.24) is 14.8 Å². The van der Waals surface area contributed by atoms with Gasteiger partial charge in [0.1, 0.15) is 0 Å². The molecule has 6 heteroatoms. The van der Waals surface area contributed by atoms with Gasteiger partial charge in [-0.2, -0.15) is 4.98 Å². The molecule has 0 aliphatic rings. The minimum atomic E-state index is -0.0934. The van der Waals surface area contributed by atoms with Gasteiger partial charge in [-0.25, -0.2) is 4.68 Å². The molecule has 1 N–H and O–H groups in total. The summed E-state index contributed by atoms with van der Waals surface area (Å²) in [5.74, 6) is 0.945. The molecule has 0 aliphatic carbocycles. The number of aryl methyl sites for hydroxylation is 1. The van der Waals surface area contributed by atoms with Crippen molar-refractivity contribution in [2.24, 2.45) is 11.8 Å². The Balaban J connectivity index is 2.00. The second kappa shape index (κ2) is 8.90. The van der Waals surface area contributed by atoms with Gasteiger partial charge in [0.25, 0.3) is 0 Å². The summed E-state index contributed by atoms with van der Waals surface area (Å²) in [4.78, 5) is 16.7. The molecule has 0 radical (unpaired) electrons. The van der Waals surface area contributed by atoms with E-state index in [1.54, 1.807) is 4.68 Å². The normalized spacial score (nSPS) is 11.1. The lowest BCUT2D eigenvalue weighted by Crippen LogP contribution is -2.17. The van der Waals surface area contributed by atoms with Crippen LogP contribution >= 0.6 is 0 Å². The molecule has 0 atom stereocenters. The third-order valence-electron chi connectivity index (χ3n) is 4.33. The average Bonchev–Trinajstić information content (AvgIpc) is 3.11. The van der Waals surface area contributed by atoms with Gasteiger partial charge in [-0.05, 0) is 31.0 Å². The summed E-state index contributed by atoms with van der Waals surface area (Å²) in [6.45, 7) is 10.5. The molecule has 1 aromatic heterocycles. The van der Waals surface area contributed by atoms with E-state index < -0.39 is 0 Å². The number of anilines is 1. The Morgan fingerprint density at radius 3 is 2.48 bits per heavy atom. The van der Waals surface area contributed by atoms with E-state index in [4.69, 9.17) is 4.74 Å². The molecule has 6 nitrogen and oxygen atoms in total. The van der Waals surface area contributed by atoms with Crippen molar-refractivity contribution in [2.45, 2.75) is 34.6 Å². The molecule has 0 spiro atoms. The maximum Gasteiger partial charge on any atom is 0.336 e. The fourth-order valence-corrected chi connectivity index (χ4v) is 2.67. The predicted molar refractivity (Wildman–Crippen MR) is 115 cm³/mol. The van der Waals surface area contributed by atoms with Crippen LogP contribution in [-0.4, -0.2) is 27.3 Å². The Morgan fingerprint density at radius 1 is 1.10 bits per heavy atom. The Kier molecular flexibility index (Phi) is 6.32. The number of amides is 1. The standard InChI is InChI=1S/C23H28N4O2/c1-15(2)14-29-23-25-21(18-11-9-17(5)10-12-18)27(26-23)20-8-6-7-19(13-20)24-22(28)16(3)4/h6-13,15-16H,14H2,1-5H3,(H,24,28). The maximum atomic E-state index is 12.1. The molecule has 0 saturated carbocycles. The first-order valence-corrected chi connectivity index (χ1v) is 9.91. The number of benzene rings is 2. The van der Waals surface area contributed by atoms with Crippen LogP contribution in [0, 0.1) is 18.8 Å². The zero-order chi connectivity index (χ0) is 21.0. The summed E-state index contributed by atoms with van der Waals surface area (Å²) in [5, 5.41) is 7.51. The summed E-state index contributed by atoms with van der Waals surface area (Å²) in [7, 11) is 0. The number of carbonyl (C=O) groups is 1. The topological polar surface area (TPSA) is 69.0 Å². The summed E-state index contributed by atoms with van der Waals surface area (Å²) in [6, 6.07) is 16.0. The highest BCUT2D eigenvalue weighted by Gasteiger charge is 2.16. The Morgan fingerprint density at radius 2 is 1.83 bits per heavy atom. The number of nitrogens with one attached hydrogen (secondary N) is 1. The quantitative estimate of drug-likeness (QED) is 0.623. The maximum absolute atomic E-state index is 12.1. The van der Waals surface area contributed by atoms with Gasteiger partial charge in [-0.3, -0.25) is 4.79 Å². The SMILES string of the molecule is Cc1ccc(-c2nc(OCC(C)C)nn2-c2cccc(NC(=O)C(C)C)c2)cc1. The number of nitrogens with zero attached hydrogens (tertiary/aromatic N) is 3. The molecule has 0 saturated heterocycles. The highest BCUT2D eigenvalue weighted by atomic mass is 16.5. The van der Waals surface area contributed by atoms with Crippen molar-refractivity contribution < 1.29 is 9.53 Å². The predicted octanol–water partition coefficient (Wildman–Crippen LogP) is 4.87. The van der Waals surface area contributed by atoms with Crippen LogP contribution < -0.4 is 10.1 Å². The summed E-state index contributed by atoms with van der Waals surface area (Å²) >= 11 is 0. The van der Waals surface area contributed by atoms with E-state index in [2.05, 4.69) is 29.2 Å². The van der Waals surface area contributed by atoms with E-state index in [9.17, 15) is 4.79 Å². The first-order valence-electron chi connectivity index (χ1n) is 9.91. The second-order valence-corrected chi connectivity index (χ2v) is 7.89. The number of hydrogen-bond acceptors (Lipinski definition) is 4. The lowest BCUT2D eigenvalue weighted by molar-refractivity contribution is -0.118. The number of carbonyl (C=O) groups excluding carboxylic acids is 1. The van der Waals surface area contributed by atoms with Gasteiger partial charge in [-0.15, -0.1) is 5.10 Å². The van der Waals surface area contributed by atoms with Crippen LogP contribution in [0.15, 0.2) is 48.5 Å². The van der Waals surface area contributed by atoms with Crippen LogP contribution in [0.4, 0.5) is 5.69 Å². The van der Waals surface area contributed by atoms with Gasteiger partial charge in [0, 0.05) is 17.2 Å². The van der Waals surface area contributed by atoms with Gasteiger partial charge < -0.3 is 10.1 Å². The van der Waals surface area contributed by atoms with Gasteiger partial charge >= 0.3 is 6.01 Å². The molecule has 1 amide bonds. The van der Waals surface area contributed by atoms with Crippen LogP contribution in [0.2, 0.25) is 0 Å². The number of ether oxygens (including phenoxy) is 1. The first-order chi connectivity index (χ1) is 13.8. The molecule has 29 heavy (non-hydrogen) atoms. The van der Waals surface area contributed by atoms with E-state index >= 15 is 0 Å². The summed E-state index contributed by atoms with van der Waals surface area (Å²) < 4.78 is 7.52. The van der Waals surface area contributed by atoms with Crippen molar-refractivity contribution in [1.29, 1.82) is 0 Å². The lowest BCUT2D eigenvalue weighted by Gasteiger charge is -2.10. The van der Waals surface area contributed by atoms with E-state index in [1.807, 2.05) is 69.3 Å². The molecule has 0 aliphatic heterocycles. The van der Waals surface area contributed by atoms with Gasteiger partial charge in [0.15, 0.2) is 5.82 Å². The van der Waals surface area contributed by atoms with E-state index in [0.717, 1.165) is 16.9 Å². The molecule has 0 bridgehead atoms. The third kappa shape index (κ3) is 5.22. The average molecular weight is 393 g/mol. The Labute approximate surface area is 171 Å². The van der Waals surface area contributed by atoms with Crippen LogP contribution in [0.25, 0.3) is 17.1 Å². The summed E-state index contributed by atoms with van der Waals surface area (Å²) in [5.41, 5.74) is 3.64. The first kappa shape index (κ1) is 20.6. The molecule has 2 aromatic carbocycles. The minimum Gasteiger partial charge on any atom is -0.462 e. The van der Waals surface area contributed by atoms with Crippen molar-refractivity contribution in [3.8, 4) is 23.1 Å². The Hall–Kier alpha value is -3.15. The lowest BCUT2D eigenvalue weighted by atomic mass is 10.1. The molecular weight excluding hydrogens is 364 g/mol. The molecule has 3 rings (SSSR count). The summed E-state index contributed by atoms with van der Waals surface area (Å²) in [6.07, 6.45) is 0. The van der Waals surface area contributed by atoms with Crippen LogP contribution in [0.1, 0.15) is 33.3 Å². The second-order valence-electron chi connectivity index (χ2n) is 7.89. The molecular formula is C23H28N4O2. The van der Waals surface area contributed by atoms with Crippen molar-refractivity contribution in [2.75, 3.05) is 11.9 Å². The zero-order valence-electron chi connectivity index (χ0n) is 17.6. The smallest absolute Gasteiger partial charge is 0.336 e. The van der Waals surface area contributed by atoms with Crippen molar-refractivity contribution in [3.63, 3.8) is 0 Å². The third-order valence-corrected chi connectivity index (χ3v) is 4.33. The number of rotatable bonds is 7. The zero-order valence-corrected chi connectivity index (χ0v) is 17.6. The highest BCUT2D eigenvalue weighted by Crippen LogP contribution is 2.25. The largest absolute Gasteiger partial charge is 0.462 e. The molecule has 152 valence electrons. The fourth-order valence-electron chi connectivity index (χ4n) is 2.67. The minimum absolute atomic E-state index is 0.0274. The number of hydrogen-bond donors (Lipinski definition) is 1. The van der Waals surface area contributed by atoms with Crippen molar-refractivity contribution in [3.05, 3.63) is 54.1 Å². The monoisotopic (exact) mass is 392 g/mol. The Bertz CT molecular complexity index is 975. The van der Waals surface area contributed by atoms with E-state index in [-0.39, 0.29) is 11.8 Å². The van der Waals surface area contributed by atoms with Crippen LogP contribution in [-0.2, 0) is 4.79 Å². The molecule has 3 aromatic rings. The molecule has 0 unspecified atom stereocenters. The van der Waals surface area contributed by atoms with Gasteiger partial charge in [0.05, 0.1) is 12.3 Å². The van der Waals surface area contributed by atoms with Crippen LogP contribution in [0.5, 0.6) is 6.01 Å². The molecule has 0 fully saturated rings. The number of aromatic nitrogens is 3. The van der Waals surface area contributed by atoms with Gasteiger partial charge in [-0.1, -0.05) is 63.6 Å². The highest BCUT2D eigenvalue weighted by molar-refractivity contribution is 5.92.